The average molecular weight is 510 g/mol. The molecule has 0 aliphatic heterocycles. The third kappa shape index (κ3) is 6.42. The highest BCUT2D eigenvalue weighted by Gasteiger charge is 2.17. The van der Waals surface area contributed by atoms with Crippen LogP contribution in [0.25, 0.3) is 17.2 Å². The van der Waals surface area contributed by atoms with Gasteiger partial charge in [-0.2, -0.15) is 0 Å². The van der Waals surface area contributed by atoms with Crippen molar-refractivity contribution in [3.8, 4) is 5.75 Å². The van der Waals surface area contributed by atoms with Gasteiger partial charge in [0.25, 0.3) is 15.9 Å². The van der Waals surface area contributed by atoms with Crippen LogP contribution in [0.4, 0.5) is 0 Å². The Hall–Kier alpha value is -4.42. The van der Waals surface area contributed by atoms with Crippen molar-refractivity contribution in [2.75, 3.05) is 0 Å². The van der Waals surface area contributed by atoms with E-state index < -0.39 is 15.9 Å². The Balaban J connectivity index is 1.59. The molecule has 4 aromatic rings. The van der Waals surface area contributed by atoms with Crippen molar-refractivity contribution in [1.82, 2.24) is 4.72 Å². The maximum absolute atomic E-state index is 12.4. The van der Waals surface area contributed by atoms with Crippen molar-refractivity contribution < 1.29 is 18.3 Å². The second-order valence-electron chi connectivity index (χ2n) is 8.36. The summed E-state index contributed by atoms with van der Waals surface area (Å²) in [6.07, 6.45) is 3.58. The third-order valence-corrected chi connectivity index (χ3v) is 7.17. The van der Waals surface area contributed by atoms with E-state index in [1.165, 1.54) is 29.8 Å². The molecular formula is C31H27NO4S. The maximum atomic E-state index is 12.4. The standard InChI is InChI=1S/C31H27NO4S/c1-2-29(24-10-5-3-6-11-24)31(25-12-7-4-8-13-25)26-19-16-23(17-20-26)18-21-30(34)32-37(35,36)28-15-9-14-27(33)22-28/h3-22,33H,2H2,1H3,(H,32,34)/b21-18+,31-29-. The Morgan fingerprint density at radius 1 is 0.784 bits per heavy atom. The van der Waals surface area contributed by atoms with E-state index in [1.54, 1.807) is 6.08 Å². The van der Waals surface area contributed by atoms with Crippen molar-refractivity contribution >= 4 is 33.2 Å². The van der Waals surface area contributed by atoms with Crippen molar-refractivity contribution in [2.45, 2.75) is 18.2 Å². The van der Waals surface area contributed by atoms with E-state index in [9.17, 15) is 18.3 Å². The van der Waals surface area contributed by atoms with Crippen LogP contribution in [0.15, 0.2) is 120 Å². The van der Waals surface area contributed by atoms with E-state index in [0.717, 1.165) is 40.3 Å². The lowest BCUT2D eigenvalue weighted by molar-refractivity contribution is -0.114. The smallest absolute Gasteiger partial charge is 0.264 e. The van der Waals surface area contributed by atoms with Crippen LogP contribution in [0.5, 0.6) is 5.75 Å². The van der Waals surface area contributed by atoms with Gasteiger partial charge < -0.3 is 5.11 Å². The van der Waals surface area contributed by atoms with Gasteiger partial charge in [0.15, 0.2) is 0 Å². The molecule has 0 unspecified atom stereocenters. The molecule has 0 heterocycles. The molecule has 37 heavy (non-hydrogen) atoms. The van der Waals surface area contributed by atoms with Gasteiger partial charge in [0.2, 0.25) is 0 Å². The van der Waals surface area contributed by atoms with E-state index in [1.807, 2.05) is 65.4 Å². The number of phenols is 1. The number of carbonyl (C=O) groups excluding carboxylic acids is 1. The number of allylic oxidation sites excluding steroid dienone is 1. The molecule has 1 amide bonds. The van der Waals surface area contributed by atoms with E-state index >= 15 is 0 Å². The van der Waals surface area contributed by atoms with Gasteiger partial charge in [0, 0.05) is 12.1 Å². The molecular weight excluding hydrogens is 482 g/mol. The number of hydrogen-bond acceptors (Lipinski definition) is 4. The summed E-state index contributed by atoms with van der Waals surface area (Å²) in [5.41, 5.74) is 6.44. The van der Waals surface area contributed by atoms with Crippen LogP contribution in [0.2, 0.25) is 0 Å². The van der Waals surface area contributed by atoms with Crippen LogP contribution in [0.1, 0.15) is 35.6 Å². The summed E-state index contributed by atoms with van der Waals surface area (Å²) >= 11 is 0. The topological polar surface area (TPSA) is 83.5 Å². The minimum atomic E-state index is -4.09. The molecule has 0 atom stereocenters. The van der Waals surface area contributed by atoms with E-state index in [-0.39, 0.29) is 10.6 Å². The Kier molecular flexibility index (Phi) is 8.01. The first kappa shape index (κ1) is 25.7. The summed E-state index contributed by atoms with van der Waals surface area (Å²) in [4.78, 5) is 12.1. The third-order valence-electron chi connectivity index (χ3n) is 5.83. The van der Waals surface area contributed by atoms with Crippen molar-refractivity contribution in [3.63, 3.8) is 0 Å². The second kappa shape index (κ2) is 11.5. The molecule has 0 saturated heterocycles. The molecule has 2 N–H and O–H groups in total. The van der Waals surface area contributed by atoms with Crippen LogP contribution in [0.3, 0.4) is 0 Å². The first-order valence-electron chi connectivity index (χ1n) is 11.9. The van der Waals surface area contributed by atoms with Crippen molar-refractivity contribution in [1.29, 1.82) is 0 Å². The largest absolute Gasteiger partial charge is 0.508 e. The minimum Gasteiger partial charge on any atom is -0.508 e. The molecule has 0 aliphatic carbocycles. The zero-order chi connectivity index (χ0) is 26.3. The van der Waals surface area contributed by atoms with Crippen LogP contribution in [-0.2, 0) is 14.8 Å². The van der Waals surface area contributed by atoms with Gasteiger partial charge in [0.05, 0.1) is 4.90 Å². The zero-order valence-electron chi connectivity index (χ0n) is 20.3. The minimum absolute atomic E-state index is 0.191. The molecule has 186 valence electrons. The lowest BCUT2D eigenvalue weighted by atomic mass is 9.88. The van der Waals surface area contributed by atoms with Gasteiger partial charge >= 0.3 is 0 Å². The molecule has 0 aromatic heterocycles. The number of carbonyl (C=O) groups is 1. The van der Waals surface area contributed by atoms with Crippen LogP contribution >= 0.6 is 0 Å². The lowest BCUT2D eigenvalue weighted by Crippen LogP contribution is -2.28. The monoisotopic (exact) mass is 509 g/mol. The summed E-state index contributed by atoms with van der Waals surface area (Å²) in [5, 5.41) is 9.52. The van der Waals surface area contributed by atoms with Gasteiger partial charge in [-0.15, -0.1) is 0 Å². The molecule has 4 rings (SSSR count). The number of amides is 1. The number of rotatable bonds is 8. The zero-order valence-corrected chi connectivity index (χ0v) is 21.2. The Morgan fingerprint density at radius 2 is 1.38 bits per heavy atom. The Morgan fingerprint density at radius 3 is 1.97 bits per heavy atom. The highest BCUT2D eigenvalue weighted by molar-refractivity contribution is 7.90. The first-order valence-corrected chi connectivity index (χ1v) is 13.3. The highest BCUT2D eigenvalue weighted by Crippen LogP contribution is 2.34. The highest BCUT2D eigenvalue weighted by atomic mass is 32.2. The van der Waals surface area contributed by atoms with E-state index in [0.29, 0.717) is 0 Å². The lowest BCUT2D eigenvalue weighted by Gasteiger charge is -2.16. The van der Waals surface area contributed by atoms with Gasteiger partial charge in [-0.05, 0) is 58.0 Å². The maximum Gasteiger partial charge on any atom is 0.264 e. The molecule has 5 nitrogen and oxygen atoms in total. The van der Waals surface area contributed by atoms with Gasteiger partial charge in [0.1, 0.15) is 5.75 Å². The molecule has 0 aliphatic rings. The van der Waals surface area contributed by atoms with E-state index in [2.05, 4.69) is 31.2 Å². The predicted octanol–water partition coefficient (Wildman–Crippen LogP) is 6.28. The SMILES string of the molecule is CC/C(=C(\c1ccccc1)c1ccc(/C=C/C(=O)NS(=O)(=O)c2cccc(O)c2)cc1)c1ccccc1. The van der Waals surface area contributed by atoms with Crippen molar-refractivity contribution in [3.05, 3.63) is 138 Å². The van der Waals surface area contributed by atoms with Gasteiger partial charge in [-0.25, -0.2) is 13.1 Å². The average Bonchev–Trinajstić information content (AvgIpc) is 2.91. The molecule has 0 saturated carbocycles. The number of sulfonamides is 1. The number of phenolic OH excluding ortho intramolecular Hbond substituents is 1. The molecule has 0 spiro atoms. The van der Waals surface area contributed by atoms with Crippen molar-refractivity contribution in [2.24, 2.45) is 0 Å². The quantitative estimate of drug-likeness (QED) is 0.216. The number of nitrogens with one attached hydrogen (secondary N) is 1. The molecule has 0 radical (unpaired) electrons. The molecule has 0 fully saturated rings. The fourth-order valence-corrected chi connectivity index (χ4v) is 5.08. The molecule has 0 bridgehead atoms. The van der Waals surface area contributed by atoms with Crippen LogP contribution in [0, 0.1) is 0 Å². The summed E-state index contributed by atoms with van der Waals surface area (Å²) in [5.74, 6) is -0.983. The number of benzene rings is 4. The summed E-state index contributed by atoms with van der Waals surface area (Å²) in [6.45, 7) is 2.14. The second-order valence-corrected chi connectivity index (χ2v) is 10.0. The number of hydrogen-bond donors (Lipinski definition) is 2. The Bertz CT molecular complexity index is 1540. The predicted molar refractivity (Wildman–Crippen MR) is 148 cm³/mol. The molecule has 6 heteroatoms. The van der Waals surface area contributed by atoms with Gasteiger partial charge in [-0.3, -0.25) is 4.79 Å². The number of aromatic hydroxyl groups is 1. The summed E-state index contributed by atoms with van der Waals surface area (Å²) in [7, 11) is -4.09. The fraction of sp³-hybridized carbons (Fsp3) is 0.0645. The van der Waals surface area contributed by atoms with Gasteiger partial charge in [-0.1, -0.05) is 97.9 Å². The first-order chi connectivity index (χ1) is 17.9. The Labute approximate surface area is 217 Å². The fourth-order valence-electron chi connectivity index (χ4n) is 4.09. The molecule has 4 aromatic carbocycles. The normalized spacial score (nSPS) is 12.2. The van der Waals surface area contributed by atoms with E-state index in [4.69, 9.17) is 0 Å². The van der Waals surface area contributed by atoms with Crippen LogP contribution < -0.4 is 4.72 Å². The summed E-state index contributed by atoms with van der Waals surface area (Å²) in [6, 6.07) is 33.5. The summed E-state index contributed by atoms with van der Waals surface area (Å²) < 4.78 is 26.8. The van der Waals surface area contributed by atoms with Crippen LogP contribution in [-0.4, -0.2) is 19.4 Å².